The van der Waals surface area contributed by atoms with Crippen LogP contribution in [-0.2, 0) is 10.0 Å². The second-order valence-corrected chi connectivity index (χ2v) is 5.05. The molecule has 0 aliphatic carbocycles. The van der Waals surface area contributed by atoms with Crippen LogP contribution in [0.2, 0.25) is 0 Å². The zero-order chi connectivity index (χ0) is 11.3. The highest BCUT2D eigenvalue weighted by atomic mass is 32.2. The van der Waals surface area contributed by atoms with Crippen LogP contribution < -0.4 is 10.5 Å². The zero-order valence-electron chi connectivity index (χ0n) is 8.60. The molecule has 3 N–H and O–H groups in total. The topological polar surface area (TPSA) is 85.1 Å². The molecule has 0 atom stereocenters. The Morgan fingerprint density at radius 2 is 2.27 bits per heavy atom. The van der Waals surface area contributed by atoms with E-state index in [-0.39, 0.29) is 5.75 Å². The van der Waals surface area contributed by atoms with E-state index in [0.717, 1.165) is 11.4 Å². The molecule has 0 radical (unpaired) electrons. The quantitative estimate of drug-likeness (QED) is 0.719. The van der Waals surface area contributed by atoms with Gasteiger partial charge in [-0.1, -0.05) is 6.07 Å². The van der Waals surface area contributed by atoms with Gasteiger partial charge in [-0.2, -0.15) is 0 Å². The molecule has 6 heteroatoms. The number of primary sulfonamides is 1. The highest BCUT2D eigenvalue weighted by molar-refractivity contribution is 7.89. The molecule has 0 unspecified atom stereocenters. The van der Waals surface area contributed by atoms with Crippen LogP contribution in [-0.4, -0.2) is 25.7 Å². The van der Waals surface area contributed by atoms with Crippen LogP contribution in [0.15, 0.2) is 18.3 Å². The van der Waals surface area contributed by atoms with Gasteiger partial charge in [0, 0.05) is 12.7 Å². The number of hydrogen-bond acceptors (Lipinski definition) is 4. The third kappa shape index (κ3) is 4.75. The number of hydrogen-bond donors (Lipinski definition) is 2. The fraction of sp³-hybridized carbons (Fsp3) is 0.444. The minimum atomic E-state index is -3.35. The minimum Gasteiger partial charge on any atom is -0.370 e. The van der Waals surface area contributed by atoms with Crippen molar-refractivity contribution in [2.24, 2.45) is 5.14 Å². The van der Waals surface area contributed by atoms with Gasteiger partial charge in [-0.05, 0) is 25.0 Å². The molecule has 0 aliphatic heterocycles. The van der Waals surface area contributed by atoms with Crippen LogP contribution in [0.3, 0.4) is 0 Å². The molecular weight excluding hydrogens is 214 g/mol. The van der Waals surface area contributed by atoms with Crippen molar-refractivity contribution in [1.29, 1.82) is 0 Å². The first kappa shape index (κ1) is 11.9. The maximum atomic E-state index is 10.6. The summed E-state index contributed by atoms with van der Waals surface area (Å²) in [6, 6.07) is 3.79. The number of anilines is 1. The van der Waals surface area contributed by atoms with E-state index in [1.54, 1.807) is 6.20 Å². The standard InChI is InChI=1S/C9H15N3O2S/c1-8-4-2-5-11-9(8)12-6-3-7-15(10,13)14/h2,4-5H,3,6-7H2,1H3,(H,11,12)(H2,10,13,14). The largest absolute Gasteiger partial charge is 0.370 e. The Bertz CT molecular complexity index is 417. The summed E-state index contributed by atoms with van der Waals surface area (Å²) in [6.45, 7) is 2.49. The lowest BCUT2D eigenvalue weighted by atomic mass is 10.3. The van der Waals surface area contributed by atoms with Crippen molar-refractivity contribution in [3.63, 3.8) is 0 Å². The highest BCUT2D eigenvalue weighted by Crippen LogP contribution is 2.08. The fourth-order valence-corrected chi connectivity index (χ4v) is 1.70. The number of rotatable bonds is 5. The fourth-order valence-electron chi connectivity index (χ4n) is 1.15. The molecule has 1 aromatic heterocycles. The number of nitrogens with one attached hydrogen (secondary N) is 1. The SMILES string of the molecule is Cc1cccnc1NCCCS(N)(=O)=O. The molecule has 0 saturated carbocycles. The van der Waals surface area contributed by atoms with Crippen LogP contribution >= 0.6 is 0 Å². The summed E-state index contributed by atoms with van der Waals surface area (Å²) in [5.74, 6) is 0.776. The molecule has 0 bridgehead atoms. The molecule has 84 valence electrons. The molecule has 5 nitrogen and oxygen atoms in total. The average molecular weight is 229 g/mol. The van der Waals surface area contributed by atoms with Crippen molar-refractivity contribution >= 4 is 15.8 Å². The van der Waals surface area contributed by atoms with Crippen LogP contribution in [0.4, 0.5) is 5.82 Å². The van der Waals surface area contributed by atoms with Crippen molar-refractivity contribution in [2.75, 3.05) is 17.6 Å². The van der Waals surface area contributed by atoms with E-state index in [2.05, 4.69) is 10.3 Å². The number of pyridine rings is 1. The minimum absolute atomic E-state index is 0.00805. The van der Waals surface area contributed by atoms with Gasteiger partial charge in [0.25, 0.3) is 0 Å². The predicted octanol–water partition coefficient (Wildman–Crippen LogP) is 0.481. The summed E-state index contributed by atoms with van der Waals surface area (Å²) in [5, 5.41) is 7.93. The first-order valence-corrected chi connectivity index (χ1v) is 6.36. The number of nitrogens with two attached hydrogens (primary N) is 1. The molecular formula is C9H15N3O2S. The zero-order valence-corrected chi connectivity index (χ0v) is 9.42. The number of nitrogens with zero attached hydrogens (tertiary/aromatic N) is 1. The molecule has 1 aromatic rings. The third-order valence-corrected chi connectivity index (χ3v) is 2.77. The van der Waals surface area contributed by atoms with E-state index >= 15 is 0 Å². The lowest BCUT2D eigenvalue weighted by molar-refractivity contribution is 0.595. The maximum absolute atomic E-state index is 10.6. The summed E-state index contributed by atoms with van der Waals surface area (Å²) in [7, 11) is -3.35. The Balaban J connectivity index is 2.36. The molecule has 0 amide bonds. The molecule has 0 spiro atoms. The monoisotopic (exact) mass is 229 g/mol. The Kier molecular flexibility index (Phi) is 4.05. The Hall–Kier alpha value is -1.14. The van der Waals surface area contributed by atoms with Gasteiger partial charge in [-0.3, -0.25) is 0 Å². The summed E-state index contributed by atoms with van der Waals surface area (Å²) in [6.07, 6.45) is 2.17. The van der Waals surface area contributed by atoms with Gasteiger partial charge in [0.1, 0.15) is 5.82 Å². The molecule has 0 aromatic carbocycles. The molecule has 1 rings (SSSR count). The summed E-state index contributed by atoms with van der Waals surface area (Å²) >= 11 is 0. The first-order chi connectivity index (χ1) is 6.99. The van der Waals surface area contributed by atoms with Crippen LogP contribution in [0, 0.1) is 6.92 Å². The second-order valence-electron chi connectivity index (χ2n) is 3.32. The summed E-state index contributed by atoms with van der Waals surface area (Å²) < 4.78 is 21.3. The molecule has 15 heavy (non-hydrogen) atoms. The van der Waals surface area contributed by atoms with Gasteiger partial charge in [0.05, 0.1) is 5.75 Å². The first-order valence-electron chi connectivity index (χ1n) is 4.65. The second kappa shape index (κ2) is 5.09. The third-order valence-electron chi connectivity index (χ3n) is 1.91. The summed E-state index contributed by atoms with van der Waals surface area (Å²) in [5.41, 5.74) is 1.04. The lowest BCUT2D eigenvalue weighted by Gasteiger charge is -2.06. The predicted molar refractivity (Wildman–Crippen MR) is 60.1 cm³/mol. The normalized spacial score (nSPS) is 11.3. The number of aryl methyl sites for hydroxylation is 1. The van der Waals surface area contributed by atoms with Gasteiger partial charge >= 0.3 is 0 Å². The van der Waals surface area contributed by atoms with Gasteiger partial charge in [0.2, 0.25) is 10.0 Å². The molecule has 0 saturated heterocycles. The highest BCUT2D eigenvalue weighted by Gasteiger charge is 2.02. The van der Waals surface area contributed by atoms with E-state index in [9.17, 15) is 8.42 Å². The average Bonchev–Trinajstić information content (AvgIpc) is 2.13. The van der Waals surface area contributed by atoms with Crippen molar-refractivity contribution < 1.29 is 8.42 Å². The lowest BCUT2D eigenvalue weighted by Crippen LogP contribution is -2.19. The van der Waals surface area contributed by atoms with Crippen LogP contribution in [0.1, 0.15) is 12.0 Å². The number of sulfonamides is 1. The van der Waals surface area contributed by atoms with Crippen LogP contribution in [0.25, 0.3) is 0 Å². The van der Waals surface area contributed by atoms with Gasteiger partial charge in [0.15, 0.2) is 0 Å². The molecule has 0 aliphatic rings. The van der Waals surface area contributed by atoms with Gasteiger partial charge in [-0.25, -0.2) is 18.5 Å². The molecule has 0 fully saturated rings. The number of aromatic nitrogens is 1. The van der Waals surface area contributed by atoms with E-state index in [1.807, 2.05) is 19.1 Å². The maximum Gasteiger partial charge on any atom is 0.209 e. The Labute approximate surface area is 89.8 Å². The van der Waals surface area contributed by atoms with Crippen molar-refractivity contribution in [2.45, 2.75) is 13.3 Å². The van der Waals surface area contributed by atoms with Crippen LogP contribution in [0.5, 0.6) is 0 Å². The van der Waals surface area contributed by atoms with E-state index < -0.39 is 10.0 Å². The van der Waals surface area contributed by atoms with Crippen molar-refractivity contribution in [3.05, 3.63) is 23.9 Å². The van der Waals surface area contributed by atoms with E-state index in [1.165, 1.54) is 0 Å². The summed E-state index contributed by atoms with van der Waals surface area (Å²) in [4.78, 5) is 4.12. The Morgan fingerprint density at radius 3 is 2.87 bits per heavy atom. The van der Waals surface area contributed by atoms with E-state index in [4.69, 9.17) is 5.14 Å². The van der Waals surface area contributed by atoms with Crippen molar-refractivity contribution in [3.8, 4) is 0 Å². The smallest absolute Gasteiger partial charge is 0.209 e. The van der Waals surface area contributed by atoms with Gasteiger partial charge in [-0.15, -0.1) is 0 Å². The van der Waals surface area contributed by atoms with Gasteiger partial charge < -0.3 is 5.32 Å². The molecule has 1 heterocycles. The van der Waals surface area contributed by atoms with Crippen molar-refractivity contribution in [1.82, 2.24) is 4.98 Å². The van der Waals surface area contributed by atoms with E-state index in [0.29, 0.717) is 13.0 Å². The Morgan fingerprint density at radius 1 is 1.53 bits per heavy atom.